The highest BCUT2D eigenvalue weighted by molar-refractivity contribution is 5.94. The molecule has 4 heteroatoms. The van der Waals surface area contributed by atoms with Crippen molar-refractivity contribution in [2.75, 3.05) is 25.1 Å². The number of anilines is 1. The first-order chi connectivity index (χ1) is 9.17. The van der Waals surface area contributed by atoms with Crippen molar-refractivity contribution >= 4 is 11.6 Å². The number of nitrogens with one attached hydrogen (secondary N) is 1. The molecule has 0 atom stereocenters. The Balaban J connectivity index is 1.91. The fraction of sp³-hybridized carbons (Fsp3) is 0.533. The molecule has 0 aliphatic heterocycles. The molecule has 2 rings (SSSR count). The summed E-state index contributed by atoms with van der Waals surface area (Å²) >= 11 is 0. The second-order valence-corrected chi connectivity index (χ2v) is 5.29. The lowest BCUT2D eigenvalue weighted by atomic mass is 9.99. The van der Waals surface area contributed by atoms with Crippen LogP contribution in [0.1, 0.15) is 25.7 Å². The molecule has 1 aliphatic carbocycles. The first-order valence-electron chi connectivity index (χ1n) is 6.84. The zero-order chi connectivity index (χ0) is 13.7. The highest BCUT2D eigenvalue weighted by Gasteiger charge is 2.33. The van der Waals surface area contributed by atoms with Crippen LogP contribution in [0.25, 0.3) is 0 Å². The zero-order valence-electron chi connectivity index (χ0n) is 11.4. The molecule has 0 saturated heterocycles. The summed E-state index contributed by atoms with van der Waals surface area (Å²) < 4.78 is 0. The van der Waals surface area contributed by atoms with Gasteiger partial charge in [0.1, 0.15) is 0 Å². The van der Waals surface area contributed by atoms with E-state index in [1.54, 1.807) is 11.9 Å². The molecular formula is C15H22N2O2. The molecule has 104 valence electrons. The number of aliphatic hydroxyl groups excluding tert-OH is 1. The van der Waals surface area contributed by atoms with Gasteiger partial charge in [-0.15, -0.1) is 0 Å². The lowest BCUT2D eigenvalue weighted by Gasteiger charge is -2.29. The summed E-state index contributed by atoms with van der Waals surface area (Å²) in [7, 11) is 1.78. The van der Waals surface area contributed by atoms with Gasteiger partial charge in [0.05, 0.1) is 13.2 Å². The standard InChI is InChI=1S/C15H22N2O2/c1-17(13-7-3-2-4-8-13)14(19)11-16-15(12-18)9-5-6-10-15/h2-4,7-8,16,18H,5-6,9-12H2,1H3. The summed E-state index contributed by atoms with van der Waals surface area (Å²) in [5.41, 5.74) is 0.645. The van der Waals surface area contributed by atoms with Crippen LogP contribution >= 0.6 is 0 Å². The molecule has 0 aromatic heterocycles. The van der Waals surface area contributed by atoms with Gasteiger partial charge in [-0.05, 0) is 25.0 Å². The summed E-state index contributed by atoms with van der Waals surface area (Å²) in [5.74, 6) is 0.0194. The lowest BCUT2D eigenvalue weighted by Crippen LogP contribution is -2.50. The van der Waals surface area contributed by atoms with Crippen LogP contribution in [0.4, 0.5) is 5.69 Å². The molecule has 1 fully saturated rings. The van der Waals surface area contributed by atoms with Crippen LogP contribution in [0.2, 0.25) is 0 Å². The van der Waals surface area contributed by atoms with Crippen LogP contribution in [-0.2, 0) is 4.79 Å². The Bertz CT molecular complexity index is 413. The number of para-hydroxylation sites is 1. The minimum Gasteiger partial charge on any atom is -0.394 e. The van der Waals surface area contributed by atoms with Crippen molar-refractivity contribution in [1.82, 2.24) is 5.32 Å². The second kappa shape index (κ2) is 6.17. The topological polar surface area (TPSA) is 52.6 Å². The predicted molar refractivity (Wildman–Crippen MR) is 76.1 cm³/mol. The predicted octanol–water partition coefficient (Wildman–Crippen LogP) is 1.54. The van der Waals surface area contributed by atoms with Gasteiger partial charge in [-0.1, -0.05) is 31.0 Å². The fourth-order valence-electron chi connectivity index (χ4n) is 2.62. The van der Waals surface area contributed by atoms with E-state index in [0.29, 0.717) is 0 Å². The Hall–Kier alpha value is -1.39. The smallest absolute Gasteiger partial charge is 0.240 e. The molecule has 4 nitrogen and oxygen atoms in total. The summed E-state index contributed by atoms with van der Waals surface area (Å²) in [4.78, 5) is 13.8. The number of rotatable bonds is 5. The van der Waals surface area contributed by atoms with Crippen LogP contribution in [-0.4, -0.2) is 36.8 Å². The van der Waals surface area contributed by atoms with Crippen molar-refractivity contribution in [3.63, 3.8) is 0 Å². The maximum Gasteiger partial charge on any atom is 0.240 e. The number of benzene rings is 1. The number of hydrogen-bond donors (Lipinski definition) is 2. The lowest BCUT2D eigenvalue weighted by molar-refractivity contribution is -0.118. The average Bonchev–Trinajstić information content (AvgIpc) is 2.94. The molecule has 1 aromatic carbocycles. The second-order valence-electron chi connectivity index (χ2n) is 5.29. The van der Waals surface area contributed by atoms with Gasteiger partial charge >= 0.3 is 0 Å². The van der Waals surface area contributed by atoms with Crippen molar-refractivity contribution < 1.29 is 9.90 Å². The largest absolute Gasteiger partial charge is 0.394 e. The fourth-order valence-corrected chi connectivity index (χ4v) is 2.62. The molecule has 19 heavy (non-hydrogen) atoms. The van der Waals surface area contributed by atoms with Crippen LogP contribution < -0.4 is 10.2 Å². The number of aliphatic hydroxyl groups is 1. The highest BCUT2D eigenvalue weighted by atomic mass is 16.3. The van der Waals surface area contributed by atoms with E-state index in [4.69, 9.17) is 0 Å². The van der Waals surface area contributed by atoms with Crippen molar-refractivity contribution in [3.8, 4) is 0 Å². The van der Waals surface area contributed by atoms with Gasteiger partial charge in [-0.3, -0.25) is 4.79 Å². The van der Waals surface area contributed by atoms with Crippen LogP contribution in [0.3, 0.4) is 0 Å². The highest BCUT2D eigenvalue weighted by Crippen LogP contribution is 2.28. The van der Waals surface area contributed by atoms with E-state index in [1.165, 1.54) is 0 Å². The summed E-state index contributed by atoms with van der Waals surface area (Å²) in [6, 6.07) is 9.58. The third kappa shape index (κ3) is 3.33. The number of hydrogen-bond acceptors (Lipinski definition) is 3. The SMILES string of the molecule is CN(C(=O)CNC1(CO)CCCC1)c1ccccc1. The van der Waals surface area contributed by atoms with Crippen LogP contribution in [0, 0.1) is 0 Å². The minimum atomic E-state index is -0.243. The number of carbonyl (C=O) groups excluding carboxylic acids is 1. The van der Waals surface area contributed by atoms with Gasteiger partial charge < -0.3 is 15.3 Å². The van der Waals surface area contributed by atoms with Gasteiger partial charge in [-0.2, -0.15) is 0 Å². The molecule has 0 radical (unpaired) electrons. The molecular weight excluding hydrogens is 240 g/mol. The van der Waals surface area contributed by atoms with Gasteiger partial charge in [0.2, 0.25) is 5.91 Å². The maximum atomic E-state index is 12.1. The number of likely N-dealkylation sites (N-methyl/N-ethyl adjacent to an activating group) is 1. The Labute approximate surface area is 114 Å². The number of carbonyl (C=O) groups is 1. The average molecular weight is 262 g/mol. The van der Waals surface area contributed by atoms with E-state index >= 15 is 0 Å². The van der Waals surface area contributed by atoms with Crippen LogP contribution in [0.5, 0.6) is 0 Å². The van der Waals surface area contributed by atoms with Crippen molar-refractivity contribution in [3.05, 3.63) is 30.3 Å². The molecule has 1 saturated carbocycles. The van der Waals surface area contributed by atoms with Crippen molar-refractivity contribution in [2.24, 2.45) is 0 Å². The monoisotopic (exact) mass is 262 g/mol. The van der Waals surface area contributed by atoms with Gasteiger partial charge in [0, 0.05) is 18.3 Å². The third-order valence-corrected chi connectivity index (χ3v) is 4.00. The van der Waals surface area contributed by atoms with E-state index in [9.17, 15) is 9.90 Å². The molecule has 0 bridgehead atoms. The molecule has 1 aliphatic rings. The van der Waals surface area contributed by atoms with Crippen molar-refractivity contribution in [1.29, 1.82) is 0 Å². The maximum absolute atomic E-state index is 12.1. The van der Waals surface area contributed by atoms with E-state index < -0.39 is 0 Å². The molecule has 1 amide bonds. The number of amides is 1. The summed E-state index contributed by atoms with van der Waals surface area (Å²) in [6.07, 6.45) is 4.14. The quantitative estimate of drug-likeness (QED) is 0.846. The first-order valence-corrected chi connectivity index (χ1v) is 6.84. The first kappa shape index (κ1) is 14.0. The molecule has 0 unspecified atom stereocenters. The van der Waals surface area contributed by atoms with Gasteiger partial charge in [0.15, 0.2) is 0 Å². The summed E-state index contributed by atoms with van der Waals surface area (Å²) in [6.45, 7) is 0.376. The van der Waals surface area contributed by atoms with Crippen molar-refractivity contribution in [2.45, 2.75) is 31.2 Å². The van der Waals surface area contributed by atoms with Gasteiger partial charge in [0.25, 0.3) is 0 Å². The van der Waals surface area contributed by atoms with E-state index in [0.717, 1.165) is 31.4 Å². The van der Waals surface area contributed by atoms with E-state index in [2.05, 4.69) is 5.32 Å². The van der Waals surface area contributed by atoms with Gasteiger partial charge in [-0.25, -0.2) is 0 Å². The Kier molecular flexibility index (Phi) is 4.56. The van der Waals surface area contributed by atoms with E-state index in [-0.39, 0.29) is 24.6 Å². The zero-order valence-corrected chi connectivity index (χ0v) is 11.4. The minimum absolute atomic E-state index is 0.0194. The Morgan fingerprint density at radius 2 is 1.95 bits per heavy atom. The van der Waals surface area contributed by atoms with E-state index in [1.807, 2.05) is 30.3 Å². The third-order valence-electron chi connectivity index (χ3n) is 4.00. The normalized spacial score (nSPS) is 17.4. The Morgan fingerprint density at radius 1 is 1.32 bits per heavy atom. The summed E-state index contributed by atoms with van der Waals surface area (Å²) in [5, 5.41) is 12.8. The Morgan fingerprint density at radius 3 is 2.53 bits per heavy atom. The number of nitrogens with zero attached hydrogens (tertiary/aromatic N) is 1. The molecule has 0 spiro atoms. The molecule has 2 N–H and O–H groups in total. The molecule has 1 aromatic rings. The molecule has 0 heterocycles. The van der Waals surface area contributed by atoms with Crippen LogP contribution in [0.15, 0.2) is 30.3 Å².